The van der Waals surface area contributed by atoms with Gasteiger partial charge in [0.1, 0.15) is 11.5 Å². The van der Waals surface area contributed by atoms with Crippen molar-refractivity contribution < 1.29 is 4.79 Å². The average Bonchev–Trinajstić information content (AvgIpc) is 2.69. The Hall–Kier alpha value is -1.62. The van der Waals surface area contributed by atoms with Crippen LogP contribution in [0.15, 0.2) is 18.2 Å². The van der Waals surface area contributed by atoms with E-state index < -0.39 is 0 Å². The van der Waals surface area contributed by atoms with Crippen LogP contribution in [0.5, 0.6) is 0 Å². The Labute approximate surface area is 121 Å². The lowest BCUT2D eigenvalue weighted by Crippen LogP contribution is -2.35. The molecule has 0 aliphatic carbocycles. The van der Waals surface area contributed by atoms with Gasteiger partial charge in [0, 0.05) is 26.2 Å². The summed E-state index contributed by atoms with van der Waals surface area (Å²) in [7, 11) is 2.10. The maximum Gasteiger partial charge on any atom is 0.272 e. The highest BCUT2D eigenvalue weighted by molar-refractivity contribution is 5.92. The molecular formula is C15H24N4O. The van der Waals surface area contributed by atoms with Crippen LogP contribution in [0.3, 0.4) is 0 Å². The standard InChI is InChI=1S/C15H24N4O/c1-3-8-16-14-7-4-6-13(17-14)15(20)19-10-5-9-18(2)11-12-19/h4,6-7H,3,5,8-12H2,1-2H3,(H,16,17). The first-order valence-corrected chi connectivity index (χ1v) is 7.39. The van der Waals surface area contributed by atoms with E-state index in [1.165, 1.54) is 0 Å². The van der Waals surface area contributed by atoms with Gasteiger partial charge in [-0.3, -0.25) is 4.79 Å². The zero-order valence-corrected chi connectivity index (χ0v) is 12.4. The number of amides is 1. The van der Waals surface area contributed by atoms with E-state index >= 15 is 0 Å². The molecule has 1 amide bonds. The minimum Gasteiger partial charge on any atom is -0.370 e. The number of hydrogen-bond donors (Lipinski definition) is 1. The van der Waals surface area contributed by atoms with Gasteiger partial charge in [0.2, 0.25) is 0 Å². The molecule has 0 bridgehead atoms. The molecule has 1 aliphatic heterocycles. The van der Waals surface area contributed by atoms with E-state index in [0.717, 1.165) is 51.4 Å². The molecule has 1 fully saturated rings. The van der Waals surface area contributed by atoms with Crippen molar-refractivity contribution >= 4 is 11.7 Å². The number of hydrogen-bond acceptors (Lipinski definition) is 4. The summed E-state index contributed by atoms with van der Waals surface area (Å²) < 4.78 is 0. The van der Waals surface area contributed by atoms with Crippen molar-refractivity contribution in [1.82, 2.24) is 14.8 Å². The molecule has 0 aromatic carbocycles. The lowest BCUT2D eigenvalue weighted by Gasteiger charge is -2.20. The number of likely N-dealkylation sites (N-methyl/N-ethyl adjacent to an activating group) is 1. The quantitative estimate of drug-likeness (QED) is 0.909. The zero-order chi connectivity index (χ0) is 14.4. The molecule has 1 saturated heterocycles. The second-order valence-electron chi connectivity index (χ2n) is 5.28. The highest BCUT2D eigenvalue weighted by Gasteiger charge is 2.19. The Morgan fingerprint density at radius 1 is 1.30 bits per heavy atom. The fourth-order valence-corrected chi connectivity index (χ4v) is 2.32. The van der Waals surface area contributed by atoms with Crippen LogP contribution >= 0.6 is 0 Å². The number of pyridine rings is 1. The van der Waals surface area contributed by atoms with Crippen molar-refractivity contribution in [3.8, 4) is 0 Å². The van der Waals surface area contributed by atoms with Gasteiger partial charge in [-0.15, -0.1) is 0 Å². The van der Waals surface area contributed by atoms with Crippen LogP contribution in [-0.4, -0.2) is 60.5 Å². The van der Waals surface area contributed by atoms with Crippen LogP contribution < -0.4 is 5.32 Å². The summed E-state index contributed by atoms with van der Waals surface area (Å²) in [6.45, 7) is 6.56. The van der Waals surface area contributed by atoms with E-state index in [0.29, 0.717) is 5.69 Å². The Morgan fingerprint density at radius 2 is 2.15 bits per heavy atom. The number of aromatic nitrogens is 1. The normalized spacial score (nSPS) is 16.8. The SMILES string of the molecule is CCCNc1cccc(C(=O)N2CCCN(C)CC2)n1. The molecular weight excluding hydrogens is 252 g/mol. The maximum absolute atomic E-state index is 12.5. The Balaban J connectivity index is 2.04. The largest absolute Gasteiger partial charge is 0.370 e. The first kappa shape index (κ1) is 14.8. The van der Waals surface area contributed by atoms with Crippen LogP contribution in [0, 0.1) is 0 Å². The average molecular weight is 276 g/mol. The van der Waals surface area contributed by atoms with Crippen molar-refractivity contribution in [2.24, 2.45) is 0 Å². The second kappa shape index (κ2) is 7.24. The Morgan fingerprint density at radius 3 is 2.95 bits per heavy atom. The summed E-state index contributed by atoms with van der Waals surface area (Å²) in [6, 6.07) is 5.60. The fourth-order valence-electron chi connectivity index (χ4n) is 2.32. The summed E-state index contributed by atoms with van der Waals surface area (Å²) >= 11 is 0. The van der Waals surface area contributed by atoms with Crippen LogP contribution in [0.2, 0.25) is 0 Å². The predicted molar refractivity (Wildman–Crippen MR) is 81.0 cm³/mol. The Kier molecular flexibility index (Phi) is 5.35. The van der Waals surface area contributed by atoms with Gasteiger partial charge in [-0.2, -0.15) is 0 Å². The number of carbonyl (C=O) groups is 1. The third-order valence-corrected chi connectivity index (χ3v) is 3.53. The number of nitrogens with zero attached hydrogens (tertiary/aromatic N) is 3. The first-order valence-electron chi connectivity index (χ1n) is 7.39. The van der Waals surface area contributed by atoms with E-state index in [1.54, 1.807) is 6.07 Å². The summed E-state index contributed by atoms with van der Waals surface area (Å²) in [5.41, 5.74) is 0.538. The van der Waals surface area contributed by atoms with Gasteiger partial charge < -0.3 is 15.1 Å². The Bertz CT molecular complexity index is 449. The monoisotopic (exact) mass is 276 g/mol. The van der Waals surface area contributed by atoms with Crippen molar-refractivity contribution in [2.75, 3.05) is 45.1 Å². The van der Waals surface area contributed by atoms with Gasteiger partial charge in [-0.1, -0.05) is 13.0 Å². The summed E-state index contributed by atoms with van der Waals surface area (Å²) in [5.74, 6) is 0.824. The van der Waals surface area contributed by atoms with Crippen LogP contribution in [-0.2, 0) is 0 Å². The smallest absolute Gasteiger partial charge is 0.272 e. The molecule has 1 aromatic heterocycles. The summed E-state index contributed by atoms with van der Waals surface area (Å²) in [4.78, 5) is 21.1. The topological polar surface area (TPSA) is 48.5 Å². The number of nitrogens with one attached hydrogen (secondary N) is 1. The van der Waals surface area contributed by atoms with E-state index in [1.807, 2.05) is 17.0 Å². The van der Waals surface area contributed by atoms with Gasteiger partial charge in [0.05, 0.1) is 0 Å². The fraction of sp³-hybridized carbons (Fsp3) is 0.600. The molecule has 1 aliphatic rings. The lowest BCUT2D eigenvalue weighted by atomic mass is 10.3. The van der Waals surface area contributed by atoms with Crippen molar-refractivity contribution in [2.45, 2.75) is 19.8 Å². The molecule has 2 rings (SSSR count). The van der Waals surface area contributed by atoms with E-state index in [2.05, 4.69) is 29.2 Å². The first-order chi connectivity index (χ1) is 9.70. The predicted octanol–water partition coefficient (Wildman–Crippen LogP) is 1.68. The molecule has 0 radical (unpaired) electrons. The van der Waals surface area contributed by atoms with E-state index in [9.17, 15) is 4.79 Å². The van der Waals surface area contributed by atoms with E-state index in [-0.39, 0.29) is 5.91 Å². The highest BCUT2D eigenvalue weighted by atomic mass is 16.2. The van der Waals surface area contributed by atoms with Gasteiger partial charge in [0.25, 0.3) is 5.91 Å². The molecule has 0 unspecified atom stereocenters. The molecule has 20 heavy (non-hydrogen) atoms. The number of carbonyl (C=O) groups excluding carboxylic acids is 1. The van der Waals surface area contributed by atoms with Gasteiger partial charge in [-0.05, 0) is 38.6 Å². The molecule has 2 heterocycles. The van der Waals surface area contributed by atoms with Crippen molar-refractivity contribution in [3.05, 3.63) is 23.9 Å². The minimum absolute atomic E-state index is 0.0421. The van der Waals surface area contributed by atoms with Gasteiger partial charge in [-0.25, -0.2) is 4.98 Å². The number of anilines is 1. The van der Waals surface area contributed by atoms with Crippen LogP contribution in [0.25, 0.3) is 0 Å². The minimum atomic E-state index is 0.0421. The third kappa shape index (κ3) is 3.93. The molecule has 1 N–H and O–H groups in total. The van der Waals surface area contributed by atoms with Crippen molar-refractivity contribution in [3.63, 3.8) is 0 Å². The molecule has 1 aromatic rings. The maximum atomic E-state index is 12.5. The third-order valence-electron chi connectivity index (χ3n) is 3.53. The van der Waals surface area contributed by atoms with Gasteiger partial charge in [0.15, 0.2) is 0 Å². The molecule has 0 atom stereocenters. The number of rotatable bonds is 4. The molecule has 5 nitrogen and oxygen atoms in total. The summed E-state index contributed by atoms with van der Waals surface area (Å²) in [6.07, 6.45) is 2.06. The molecule has 110 valence electrons. The molecule has 0 saturated carbocycles. The van der Waals surface area contributed by atoms with Crippen LogP contribution in [0.4, 0.5) is 5.82 Å². The lowest BCUT2D eigenvalue weighted by molar-refractivity contribution is 0.0757. The second-order valence-corrected chi connectivity index (χ2v) is 5.28. The highest BCUT2D eigenvalue weighted by Crippen LogP contribution is 2.10. The van der Waals surface area contributed by atoms with Gasteiger partial charge >= 0.3 is 0 Å². The van der Waals surface area contributed by atoms with E-state index in [4.69, 9.17) is 0 Å². The molecule has 0 spiro atoms. The van der Waals surface area contributed by atoms with Crippen molar-refractivity contribution in [1.29, 1.82) is 0 Å². The van der Waals surface area contributed by atoms with Crippen LogP contribution in [0.1, 0.15) is 30.3 Å². The zero-order valence-electron chi connectivity index (χ0n) is 12.4. The molecule has 5 heteroatoms. The summed E-state index contributed by atoms with van der Waals surface area (Å²) in [5, 5.41) is 3.22.